The maximum absolute atomic E-state index is 13.0. The van der Waals surface area contributed by atoms with Crippen molar-refractivity contribution < 1.29 is 23.1 Å². The molecule has 1 aromatic rings. The van der Waals surface area contributed by atoms with Gasteiger partial charge in [0.25, 0.3) is 5.91 Å². The second-order valence-corrected chi connectivity index (χ2v) is 4.84. The highest BCUT2D eigenvalue weighted by atomic mass is 19.1. The smallest absolute Gasteiger partial charge is 0.328 e. The van der Waals surface area contributed by atoms with Crippen molar-refractivity contribution in [3.8, 4) is 0 Å². The molecule has 6 heteroatoms. The van der Waals surface area contributed by atoms with Gasteiger partial charge in [0.1, 0.15) is 17.7 Å². The van der Waals surface area contributed by atoms with E-state index in [-0.39, 0.29) is 11.5 Å². The standard InChI is InChI=1S/C14H17F2NO3/c1-8(2)4-12(14(19)20-3)17-13(18)9-5-10(15)7-11(16)6-9/h5-8,12H,4H2,1-3H3,(H,17,18). The van der Waals surface area contributed by atoms with Crippen molar-refractivity contribution >= 4 is 11.9 Å². The monoisotopic (exact) mass is 285 g/mol. The van der Waals surface area contributed by atoms with Crippen molar-refractivity contribution in [2.45, 2.75) is 26.3 Å². The highest BCUT2D eigenvalue weighted by Gasteiger charge is 2.23. The van der Waals surface area contributed by atoms with Crippen LogP contribution in [-0.2, 0) is 9.53 Å². The van der Waals surface area contributed by atoms with E-state index in [4.69, 9.17) is 0 Å². The number of ether oxygens (including phenoxy) is 1. The molecule has 1 aromatic carbocycles. The Labute approximate surface area is 116 Å². The van der Waals surface area contributed by atoms with Crippen LogP contribution in [0.15, 0.2) is 18.2 Å². The van der Waals surface area contributed by atoms with Crippen LogP contribution >= 0.6 is 0 Å². The number of hydrogen-bond donors (Lipinski definition) is 1. The van der Waals surface area contributed by atoms with Crippen molar-refractivity contribution in [3.63, 3.8) is 0 Å². The molecule has 0 heterocycles. The Morgan fingerprint density at radius 1 is 1.20 bits per heavy atom. The molecule has 0 spiro atoms. The molecule has 0 saturated carbocycles. The molecule has 4 nitrogen and oxygen atoms in total. The van der Waals surface area contributed by atoms with Gasteiger partial charge in [0, 0.05) is 11.6 Å². The van der Waals surface area contributed by atoms with E-state index >= 15 is 0 Å². The molecule has 110 valence electrons. The minimum Gasteiger partial charge on any atom is -0.467 e. The molecule has 0 fully saturated rings. The van der Waals surface area contributed by atoms with Crippen LogP contribution in [0.3, 0.4) is 0 Å². The fourth-order valence-corrected chi connectivity index (χ4v) is 1.75. The maximum atomic E-state index is 13.0. The fourth-order valence-electron chi connectivity index (χ4n) is 1.75. The Hall–Kier alpha value is -1.98. The van der Waals surface area contributed by atoms with E-state index in [9.17, 15) is 18.4 Å². The lowest BCUT2D eigenvalue weighted by Gasteiger charge is -2.18. The summed E-state index contributed by atoms with van der Waals surface area (Å²) >= 11 is 0. The molecule has 0 saturated heterocycles. The summed E-state index contributed by atoms with van der Waals surface area (Å²) in [5.74, 6) is -2.88. The van der Waals surface area contributed by atoms with E-state index in [2.05, 4.69) is 10.1 Å². The van der Waals surface area contributed by atoms with Gasteiger partial charge < -0.3 is 10.1 Å². The number of methoxy groups -OCH3 is 1. The lowest BCUT2D eigenvalue weighted by molar-refractivity contribution is -0.143. The molecule has 1 atom stereocenters. The molecule has 1 amide bonds. The summed E-state index contributed by atoms with van der Waals surface area (Å²) in [6, 6.07) is 1.63. The Bertz CT molecular complexity index is 483. The average molecular weight is 285 g/mol. The SMILES string of the molecule is COC(=O)C(CC(C)C)NC(=O)c1cc(F)cc(F)c1. The third-order valence-corrected chi connectivity index (χ3v) is 2.62. The quantitative estimate of drug-likeness (QED) is 0.844. The lowest BCUT2D eigenvalue weighted by atomic mass is 10.0. The van der Waals surface area contributed by atoms with Gasteiger partial charge in [-0.05, 0) is 24.5 Å². The number of nitrogens with one attached hydrogen (secondary N) is 1. The summed E-state index contributed by atoms with van der Waals surface area (Å²) in [5, 5.41) is 2.42. The van der Waals surface area contributed by atoms with Crippen molar-refractivity contribution in [2.75, 3.05) is 7.11 Å². The summed E-state index contributed by atoms with van der Waals surface area (Å²) in [4.78, 5) is 23.5. The molecule has 0 aromatic heterocycles. The Kier molecular flexibility index (Phi) is 5.61. The first-order chi connectivity index (χ1) is 9.33. The van der Waals surface area contributed by atoms with Gasteiger partial charge in [-0.2, -0.15) is 0 Å². The van der Waals surface area contributed by atoms with E-state index in [1.165, 1.54) is 7.11 Å². The molecule has 0 aliphatic heterocycles. The Morgan fingerprint density at radius 2 is 1.75 bits per heavy atom. The van der Waals surface area contributed by atoms with E-state index in [0.717, 1.165) is 12.1 Å². The van der Waals surface area contributed by atoms with Crippen LogP contribution in [-0.4, -0.2) is 25.0 Å². The molecule has 1 unspecified atom stereocenters. The summed E-state index contributed by atoms with van der Waals surface area (Å²) in [7, 11) is 1.21. The molecular weight excluding hydrogens is 268 g/mol. The number of hydrogen-bond acceptors (Lipinski definition) is 3. The fraction of sp³-hybridized carbons (Fsp3) is 0.429. The Balaban J connectivity index is 2.87. The third kappa shape index (κ3) is 4.60. The number of benzene rings is 1. The van der Waals surface area contributed by atoms with Crippen molar-refractivity contribution in [1.82, 2.24) is 5.32 Å². The molecule has 0 radical (unpaired) electrons. The van der Waals surface area contributed by atoms with Gasteiger partial charge in [0.15, 0.2) is 0 Å². The molecule has 1 N–H and O–H groups in total. The topological polar surface area (TPSA) is 55.4 Å². The number of halogens is 2. The highest BCUT2D eigenvalue weighted by molar-refractivity contribution is 5.96. The van der Waals surface area contributed by atoms with Crippen LogP contribution in [0.2, 0.25) is 0 Å². The summed E-state index contributed by atoms with van der Waals surface area (Å²) in [6.45, 7) is 3.76. The van der Waals surface area contributed by atoms with E-state index < -0.39 is 29.6 Å². The van der Waals surface area contributed by atoms with Gasteiger partial charge >= 0.3 is 5.97 Å². The second kappa shape index (κ2) is 6.98. The normalized spacial score (nSPS) is 12.1. The zero-order valence-electron chi connectivity index (χ0n) is 11.6. The van der Waals surface area contributed by atoms with Crippen LogP contribution in [0.5, 0.6) is 0 Å². The van der Waals surface area contributed by atoms with Gasteiger partial charge in [-0.25, -0.2) is 13.6 Å². The molecule has 0 aliphatic rings. The zero-order chi connectivity index (χ0) is 15.3. The van der Waals surface area contributed by atoms with Crippen molar-refractivity contribution in [3.05, 3.63) is 35.4 Å². The minimum atomic E-state index is -0.853. The first-order valence-electron chi connectivity index (χ1n) is 6.18. The van der Waals surface area contributed by atoms with Crippen LogP contribution in [0.4, 0.5) is 8.78 Å². The summed E-state index contributed by atoms with van der Waals surface area (Å²) in [5.41, 5.74) is -0.180. The van der Waals surface area contributed by atoms with E-state index in [1.54, 1.807) is 0 Å². The second-order valence-electron chi connectivity index (χ2n) is 4.84. The molecular formula is C14H17F2NO3. The van der Waals surface area contributed by atoms with Crippen molar-refractivity contribution in [2.24, 2.45) is 5.92 Å². The first kappa shape index (κ1) is 16.1. The third-order valence-electron chi connectivity index (χ3n) is 2.62. The minimum absolute atomic E-state index is 0.142. The van der Waals surface area contributed by atoms with Crippen LogP contribution in [0.25, 0.3) is 0 Å². The molecule has 0 aliphatic carbocycles. The van der Waals surface area contributed by atoms with Gasteiger partial charge in [-0.15, -0.1) is 0 Å². The number of esters is 1. The van der Waals surface area contributed by atoms with Crippen molar-refractivity contribution in [1.29, 1.82) is 0 Å². The number of carbonyl (C=O) groups is 2. The molecule has 0 bridgehead atoms. The van der Waals surface area contributed by atoms with Gasteiger partial charge in [-0.1, -0.05) is 13.8 Å². The van der Waals surface area contributed by atoms with E-state index in [1.807, 2.05) is 13.8 Å². The van der Waals surface area contributed by atoms with Crippen LogP contribution in [0.1, 0.15) is 30.6 Å². The zero-order valence-corrected chi connectivity index (χ0v) is 11.6. The highest BCUT2D eigenvalue weighted by Crippen LogP contribution is 2.10. The predicted molar refractivity (Wildman–Crippen MR) is 69.1 cm³/mol. The van der Waals surface area contributed by atoms with Gasteiger partial charge in [0.05, 0.1) is 7.11 Å². The molecule has 20 heavy (non-hydrogen) atoms. The Morgan fingerprint density at radius 3 is 2.20 bits per heavy atom. The van der Waals surface area contributed by atoms with Gasteiger partial charge in [0.2, 0.25) is 0 Å². The summed E-state index contributed by atoms with van der Waals surface area (Å²) in [6.07, 6.45) is 0.371. The van der Waals surface area contributed by atoms with E-state index in [0.29, 0.717) is 12.5 Å². The summed E-state index contributed by atoms with van der Waals surface area (Å²) < 4.78 is 30.7. The lowest BCUT2D eigenvalue weighted by Crippen LogP contribution is -2.42. The first-order valence-corrected chi connectivity index (χ1v) is 6.18. The van der Waals surface area contributed by atoms with Gasteiger partial charge in [-0.3, -0.25) is 4.79 Å². The number of rotatable bonds is 5. The number of amides is 1. The molecule has 1 rings (SSSR count). The predicted octanol–water partition coefficient (Wildman–Crippen LogP) is 2.28. The van der Waals surface area contributed by atoms with Crippen LogP contribution < -0.4 is 5.32 Å². The maximum Gasteiger partial charge on any atom is 0.328 e. The average Bonchev–Trinajstić information content (AvgIpc) is 2.35. The number of carbonyl (C=O) groups excluding carboxylic acids is 2. The van der Waals surface area contributed by atoms with Crippen LogP contribution in [0, 0.1) is 17.6 Å². The largest absolute Gasteiger partial charge is 0.467 e.